The first-order valence-corrected chi connectivity index (χ1v) is 39.7. The van der Waals surface area contributed by atoms with Crippen LogP contribution in [0.2, 0.25) is 0 Å². The maximum atomic E-state index is 7.60. The second-order valence-electron chi connectivity index (χ2n) is 31.4. The van der Waals surface area contributed by atoms with Gasteiger partial charge < -0.3 is 9.47 Å². The summed E-state index contributed by atoms with van der Waals surface area (Å²) in [6, 6.07) is 137. The average Bonchev–Trinajstić information content (AvgIpc) is 1.52. The van der Waals surface area contributed by atoms with Crippen LogP contribution in [-0.2, 0) is 10.8 Å². The average molecular weight is 1480 g/mol. The zero-order valence-electron chi connectivity index (χ0n) is 62.3. The Morgan fingerprint density at radius 2 is 0.595 bits per heavy atom. The lowest BCUT2D eigenvalue weighted by molar-refractivity contribution is 0.437. The number of nitrogens with zero attached hydrogens (tertiary/aromatic N) is 6. The van der Waals surface area contributed by atoms with Crippen molar-refractivity contribution in [3.05, 3.63) is 421 Å². The lowest BCUT2D eigenvalue weighted by Gasteiger charge is -2.39. The highest BCUT2D eigenvalue weighted by Crippen LogP contribution is 2.66. The maximum absolute atomic E-state index is 7.60. The zero-order chi connectivity index (χ0) is 75.6. The van der Waals surface area contributed by atoms with Gasteiger partial charge in [-0.15, -0.1) is 0 Å². The van der Waals surface area contributed by atoms with Crippen LogP contribution in [0.15, 0.2) is 376 Å². The molecular formula is C108H62N6O2. The Kier molecular flexibility index (Phi) is 12.9. The molecular weight excluding hydrogens is 1410 g/mol. The normalized spacial score (nSPS) is 13.6. The Balaban J connectivity index is 0.690. The van der Waals surface area contributed by atoms with Crippen molar-refractivity contribution in [2.75, 3.05) is 0 Å². The molecule has 2 spiro atoms. The third-order valence-electron chi connectivity index (χ3n) is 25.6. The molecule has 0 atom stereocenters. The van der Waals surface area contributed by atoms with E-state index in [2.05, 4.69) is 385 Å². The van der Waals surface area contributed by atoms with Crippen molar-refractivity contribution in [3.8, 4) is 102 Å². The molecule has 0 radical (unpaired) electrons. The molecule has 116 heavy (non-hydrogen) atoms. The molecule has 6 heterocycles. The van der Waals surface area contributed by atoms with Crippen LogP contribution in [0, 0.1) is 0 Å². The molecule has 8 heteroatoms. The minimum atomic E-state index is -0.827. The van der Waals surface area contributed by atoms with E-state index >= 15 is 0 Å². The summed E-state index contributed by atoms with van der Waals surface area (Å²) in [6.07, 6.45) is 0. The predicted octanol–water partition coefficient (Wildman–Crippen LogP) is 26.8. The van der Waals surface area contributed by atoms with Crippen LogP contribution < -0.4 is 9.47 Å². The van der Waals surface area contributed by atoms with E-state index in [1.54, 1.807) is 0 Å². The lowest BCUT2D eigenvalue weighted by Crippen LogP contribution is -2.32. The highest BCUT2D eigenvalue weighted by Gasteiger charge is 2.53. The standard InChI is InChI=1S/C108H62N6O2/c1-2-22-63(23-3-1)65-42-45-67(46-43-65)101-81-32-12-19-39-93(81)109-105(111-101)114-96-61-99-91(107(89-38-18-21-41-97(89)115-99)85-34-14-8-28-75(85)76-29-9-15-35-86(76)107)59-83(96)80-54-50-71-56-69(49-52-74(71)104(80)114)70-51-55-98-90(58-70)108(87-36-16-10-30-77(87)78-31-11-17-37-88(78)108)92-60-84-79-53-48-66-25-6-7-27-73(66)103(79)113(95(84)62-100(92)116-98)106-110-94-40-20-13-33-82(94)102(112-106)72-47-44-64-24-4-5-26-68(64)57-72/h1-62H. The molecule has 0 fully saturated rings. The molecule has 2 aliphatic heterocycles. The highest BCUT2D eigenvalue weighted by atomic mass is 16.5. The molecule has 0 bridgehead atoms. The van der Waals surface area contributed by atoms with Crippen LogP contribution >= 0.6 is 0 Å². The van der Waals surface area contributed by atoms with E-state index < -0.39 is 10.8 Å². The van der Waals surface area contributed by atoms with E-state index in [9.17, 15) is 0 Å². The third-order valence-corrected chi connectivity index (χ3v) is 25.6. The predicted molar refractivity (Wildman–Crippen MR) is 470 cm³/mol. The molecule has 18 aromatic carbocycles. The quantitative estimate of drug-likeness (QED) is 0.165. The van der Waals surface area contributed by atoms with E-state index in [1.165, 1.54) is 49.9 Å². The number of hydrogen-bond acceptors (Lipinski definition) is 6. The van der Waals surface area contributed by atoms with E-state index in [-0.39, 0.29) is 0 Å². The molecule has 0 saturated heterocycles. The van der Waals surface area contributed by atoms with Crippen molar-refractivity contribution in [2.45, 2.75) is 10.8 Å². The molecule has 0 N–H and O–H groups in total. The van der Waals surface area contributed by atoms with Gasteiger partial charge in [0.25, 0.3) is 0 Å². The Labute approximate surface area is 665 Å². The molecule has 4 aromatic heterocycles. The molecule has 0 unspecified atom stereocenters. The molecule has 0 amide bonds. The first kappa shape index (κ1) is 63.3. The van der Waals surface area contributed by atoms with E-state index in [0.717, 1.165) is 182 Å². The van der Waals surface area contributed by atoms with Crippen LogP contribution in [0.4, 0.5) is 0 Å². The number of aromatic nitrogens is 6. The molecule has 4 aliphatic rings. The van der Waals surface area contributed by atoms with Gasteiger partial charge in [0.05, 0.1) is 55.3 Å². The van der Waals surface area contributed by atoms with Crippen molar-refractivity contribution >= 4 is 97.7 Å². The molecule has 2 aliphatic carbocycles. The van der Waals surface area contributed by atoms with Gasteiger partial charge in [0.15, 0.2) is 0 Å². The van der Waals surface area contributed by atoms with Crippen LogP contribution in [0.1, 0.15) is 44.5 Å². The van der Waals surface area contributed by atoms with Gasteiger partial charge in [-0.2, -0.15) is 0 Å². The highest BCUT2D eigenvalue weighted by molar-refractivity contribution is 6.21. The fourth-order valence-electron chi connectivity index (χ4n) is 20.7. The topological polar surface area (TPSA) is 79.9 Å². The Morgan fingerprint density at radius 3 is 1.20 bits per heavy atom. The first-order chi connectivity index (χ1) is 57.5. The molecule has 22 aromatic rings. The zero-order valence-corrected chi connectivity index (χ0v) is 62.3. The van der Waals surface area contributed by atoms with E-state index in [1.807, 2.05) is 0 Å². The summed E-state index contributed by atoms with van der Waals surface area (Å²) in [5, 5.41) is 13.0. The summed E-state index contributed by atoms with van der Waals surface area (Å²) < 4.78 is 19.5. The SMILES string of the molecule is c1ccc(-c2ccc(-c3nc(-n4c5cc6c(cc5c5ccc7cc(-c8ccc9c(c8)C8(c%10cc%11c%12ccc%13ccccc%13c%12n(-c%12nc(-c%13ccc%14ccccc%14c%13)c%13ccccc%13n%12)c%11cc%10O9)c9ccccc9-c9ccccc98)ccc7c54)C4(c5ccccc5O6)c5ccccc5-c5ccccc54)nc4ccccc34)cc2)cc1. The summed E-state index contributed by atoms with van der Waals surface area (Å²) in [6.45, 7) is 0. The van der Waals surface area contributed by atoms with Crippen LogP contribution in [-0.4, -0.2) is 29.1 Å². The summed E-state index contributed by atoms with van der Waals surface area (Å²) in [4.78, 5) is 22.6. The van der Waals surface area contributed by atoms with Crippen molar-refractivity contribution in [1.82, 2.24) is 29.1 Å². The maximum Gasteiger partial charge on any atom is 0.235 e. The fraction of sp³-hybridized carbons (Fsp3) is 0.0185. The Hall–Kier alpha value is -15.4. The first-order valence-electron chi connectivity index (χ1n) is 39.7. The molecule has 0 saturated carbocycles. The molecule has 26 rings (SSSR count). The van der Waals surface area contributed by atoms with E-state index in [4.69, 9.17) is 29.4 Å². The largest absolute Gasteiger partial charge is 0.457 e. The van der Waals surface area contributed by atoms with Gasteiger partial charge >= 0.3 is 0 Å². The summed E-state index contributed by atoms with van der Waals surface area (Å²) in [7, 11) is 0. The Morgan fingerprint density at radius 1 is 0.207 bits per heavy atom. The van der Waals surface area contributed by atoms with Crippen LogP contribution in [0.25, 0.3) is 177 Å². The Bertz CT molecular complexity index is 8020. The smallest absolute Gasteiger partial charge is 0.235 e. The van der Waals surface area contributed by atoms with Gasteiger partial charge in [-0.25, -0.2) is 19.9 Å². The van der Waals surface area contributed by atoms with Gasteiger partial charge in [-0.3, -0.25) is 9.13 Å². The summed E-state index contributed by atoms with van der Waals surface area (Å²) in [5.41, 5.74) is 26.3. The van der Waals surface area contributed by atoms with Crippen molar-refractivity contribution in [1.29, 1.82) is 0 Å². The second-order valence-corrected chi connectivity index (χ2v) is 31.4. The number of fused-ring (bicyclic) bond motifs is 31. The third kappa shape index (κ3) is 8.60. The van der Waals surface area contributed by atoms with Gasteiger partial charge in [-0.05, 0) is 143 Å². The second kappa shape index (κ2) is 23.6. The number of benzene rings is 18. The van der Waals surface area contributed by atoms with Gasteiger partial charge in [-0.1, -0.05) is 309 Å². The number of para-hydroxylation sites is 3. The lowest BCUT2D eigenvalue weighted by atomic mass is 9.65. The summed E-state index contributed by atoms with van der Waals surface area (Å²) in [5.74, 6) is 4.31. The van der Waals surface area contributed by atoms with Crippen molar-refractivity contribution in [2.24, 2.45) is 0 Å². The number of ether oxygens (including phenoxy) is 2. The number of rotatable bonds is 6. The minimum absolute atomic E-state index is 0.561. The van der Waals surface area contributed by atoms with Crippen molar-refractivity contribution < 1.29 is 9.47 Å². The van der Waals surface area contributed by atoms with Gasteiger partial charge in [0.2, 0.25) is 11.9 Å². The van der Waals surface area contributed by atoms with Crippen LogP contribution in [0.3, 0.4) is 0 Å². The monoisotopic (exact) mass is 1470 g/mol. The minimum Gasteiger partial charge on any atom is -0.457 e. The fourth-order valence-corrected chi connectivity index (χ4v) is 20.7. The van der Waals surface area contributed by atoms with E-state index in [0.29, 0.717) is 11.9 Å². The molecule has 536 valence electrons. The van der Waals surface area contributed by atoms with Gasteiger partial charge in [0, 0.05) is 88.6 Å². The molecule has 8 nitrogen and oxygen atoms in total. The number of hydrogen-bond donors (Lipinski definition) is 0. The van der Waals surface area contributed by atoms with Crippen molar-refractivity contribution in [3.63, 3.8) is 0 Å². The summed E-state index contributed by atoms with van der Waals surface area (Å²) >= 11 is 0. The van der Waals surface area contributed by atoms with Gasteiger partial charge in [0.1, 0.15) is 23.0 Å². The van der Waals surface area contributed by atoms with Crippen LogP contribution in [0.5, 0.6) is 23.0 Å².